The molecule has 0 bridgehead atoms. The van der Waals surface area contributed by atoms with Crippen molar-refractivity contribution in [1.82, 2.24) is 9.88 Å². The van der Waals surface area contributed by atoms with Crippen LogP contribution in [0.1, 0.15) is 31.2 Å². The summed E-state index contributed by atoms with van der Waals surface area (Å²) < 4.78 is 0. The van der Waals surface area contributed by atoms with Crippen molar-refractivity contribution in [3.8, 4) is 0 Å². The molecule has 6 nitrogen and oxygen atoms in total. The topological polar surface area (TPSA) is 91.8 Å². The molecule has 1 aliphatic rings. The minimum absolute atomic E-state index is 0.0122. The van der Waals surface area contributed by atoms with E-state index in [9.17, 15) is 4.79 Å². The number of pyridine rings is 1. The number of aryl methyl sites for hydroxylation is 1. The van der Waals surface area contributed by atoms with Gasteiger partial charge in [0.05, 0.1) is 12.2 Å². The smallest absolute Gasteiger partial charge is 0.236 e. The van der Waals surface area contributed by atoms with E-state index in [1.807, 2.05) is 32.0 Å². The van der Waals surface area contributed by atoms with E-state index < -0.39 is 5.41 Å². The van der Waals surface area contributed by atoms with Gasteiger partial charge in [0.2, 0.25) is 5.91 Å². The minimum Gasteiger partial charge on any atom is -0.409 e. The Morgan fingerprint density at radius 2 is 2.25 bits per heavy atom. The number of oxime groups is 1. The van der Waals surface area contributed by atoms with Crippen LogP contribution in [0.2, 0.25) is 0 Å². The van der Waals surface area contributed by atoms with Crippen molar-refractivity contribution in [3.05, 3.63) is 29.6 Å². The number of nitrogens with two attached hydrogens (primary N) is 1. The average molecular weight is 276 g/mol. The third kappa shape index (κ3) is 2.59. The molecule has 1 heterocycles. The van der Waals surface area contributed by atoms with Gasteiger partial charge in [0, 0.05) is 12.2 Å². The summed E-state index contributed by atoms with van der Waals surface area (Å²) in [6.07, 6.45) is 1.28. The van der Waals surface area contributed by atoms with Gasteiger partial charge in [-0.05, 0) is 38.8 Å². The fourth-order valence-electron chi connectivity index (χ4n) is 2.31. The van der Waals surface area contributed by atoms with Gasteiger partial charge in [-0.2, -0.15) is 0 Å². The first-order valence-corrected chi connectivity index (χ1v) is 6.73. The van der Waals surface area contributed by atoms with Crippen molar-refractivity contribution in [1.29, 1.82) is 0 Å². The first kappa shape index (κ1) is 14.3. The molecule has 6 heteroatoms. The van der Waals surface area contributed by atoms with Crippen LogP contribution in [0.3, 0.4) is 0 Å². The molecule has 0 radical (unpaired) electrons. The van der Waals surface area contributed by atoms with Crippen molar-refractivity contribution in [2.45, 2.75) is 33.2 Å². The van der Waals surface area contributed by atoms with Gasteiger partial charge in [0.25, 0.3) is 0 Å². The lowest BCUT2D eigenvalue weighted by Crippen LogP contribution is -2.43. The van der Waals surface area contributed by atoms with E-state index >= 15 is 0 Å². The van der Waals surface area contributed by atoms with Crippen LogP contribution in [-0.4, -0.2) is 33.4 Å². The molecule has 2 rings (SSSR count). The number of hydrogen-bond donors (Lipinski definition) is 2. The summed E-state index contributed by atoms with van der Waals surface area (Å²) >= 11 is 0. The normalized spacial score (nSPS) is 16.8. The first-order valence-electron chi connectivity index (χ1n) is 6.73. The largest absolute Gasteiger partial charge is 0.409 e. The second kappa shape index (κ2) is 5.48. The van der Waals surface area contributed by atoms with Crippen LogP contribution in [0.4, 0.5) is 0 Å². The van der Waals surface area contributed by atoms with E-state index in [1.54, 1.807) is 4.90 Å². The highest BCUT2D eigenvalue weighted by atomic mass is 16.4. The summed E-state index contributed by atoms with van der Waals surface area (Å²) in [4.78, 5) is 18.7. The summed E-state index contributed by atoms with van der Waals surface area (Å²) in [6, 6.07) is 5.73. The van der Waals surface area contributed by atoms with Crippen LogP contribution in [-0.2, 0) is 11.3 Å². The molecule has 0 spiro atoms. The van der Waals surface area contributed by atoms with Crippen LogP contribution in [0, 0.1) is 12.3 Å². The monoisotopic (exact) mass is 276 g/mol. The molecule has 1 fully saturated rings. The number of hydrogen-bond acceptors (Lipinski definition) is 4. The van der Waals surface area contributed by atoms with Gasteiger partial charge in [-0.3, -0.25) is 9.78 Å². The zero-order valence-electron chi connectivity index (χ0n) is 11.8. The van der Waals surface area contributed by atoms with Gasteiger partial charge in [0.1, 0.15) is 5.41 Å². The molecule has 0 saturated heterocycles. The molecule has 1 saturated carbocycles. The number of amides is 1. The molecule has 1 aromatic rings. The summed E-state index contributed by atoms with van der Waals surface area (Å²) in [5.41, 5.74) is 6.63. The minimum atomic E-state index is -0.797. The Bertz CT molecular complexity index is 538. The van der Waals surface area contributed by atoms with E-state index in [0.717, 1.165) is 11.4 Å². The van der Waals surface area contributed by atoms with Crippen LogP contribution in [0.25, 0.3) is 0 Å². The molecule has 0 atom stereocenters. The Hall–Kier alpha value is -2.11. The third-order valence-corrected chi connectivity index (χ3v) is 3.73. The fourth-order valence-corrected chi connectivity index (χ4v) is 2.31. The lowest BCUT2D eigenvalue weighted by molar-refractivity contribution is -0.135. The Kier molecular flexibility index (Phi) is 3.92. The quantitative estimate of drug-likeness (QED) is 0.366. The predicted molar refractivity (Wildman–Crippen MR) is 75.1 cm³/mol. The second-order valence-electron chi connectivity index (χ2n) is 5.16. The van der Waals surface area contributed by atoms with Gasteiger partial charge in [-0.15, -0.1) is 0 Å². The maximum absolute atomic E-state index is 12.6. The van der Waals surface area contributed by atoms with Crippen molar-refractivity contribution in [2.24, 2.45) is 16.3 Å². The highest BCUT2D eigenvalue weighted by Gasteiger charge is 2.55. The molecular formula is C14H20N4O2. The molecule has 3 N–H and O–H groups in total. The van der Waals surface area contributed by atoms with Crippen molar-refractivity contribution < 1.29 is 10.0 Å². The van der Waals surface area contributed by atoms with Crippen molar-refractivity contribution in [3.63, 3.8) is 0 Å². The van der Waals surface area contributed by atoms with E-state index in [-0.39, 0.29) is 11.7 Å². The van der Waals surface area contributed by atoms with Crippen LogP contribution in [0.15, 0.2) is 23.4 Å². The van der Waals surface area contributed by atoms with Crippen LogP contribution < -0.4 is 5.73 Å². The Balaban J connectivity index is 2.15. The molecule has 20 heavy (non-hydrogen) atoms. The molecule has 108 valence electrons. The van der Waals surface area contributed by atoms with E-state index in [1.165, 1.54) is 0 Å². The molecule has 1 aliphatic carbocycles. The van der Waals surface area contributed by atoms with Crippen LogP contribution in [0.5, 0.6) is 0 Å². The predicted octanol–water partition coefficient (Wildman–Crippen LogP) is 1.27. The Labute approximate surface area is 118 Å². The Morgan fingerprint density at radius 1 is 1.55 bits per heavy atom. The highest BCUT2D eigenvalue weighted by molar-refractivity contribution is 6.09. The summed E-state index contributed by atoms with van der Waals surface area (Å²) in [5, 5.41) is 11.8. The van der Waals surface area contributed by atoms with E-state index in [4.69, 9.17) is 10.9 Å². The average Bonchev–Trinajstić information content (AvgIpc) is 3.25. The maximum Gasteiger partial charge on any atom is 0.236 e. The molecule has 0 aliphatic heterocycles. The van der Waals surface area contributed by atoms with Crippen LogP contribution >= 0.6 is 0 Å². The SMILES string of the molecule is CCN(Cc1cccc(C)n1)C(=O)C1(/C(N)=N/O)CC1. The summed E-state index contributed by atoms with van der Waals surface area (Å²) in [6.45, 7) is 4.84. The maximum atomic E-state index is 12.6. The number of rotatable bonds is 5. The highest BCUT2D eigenvalue weighted by Crippen LogP contribution is 2.47. The van der Waals surface area contributed by atoms with Gasteiger partial charge in [-0.25, -0.2) is 0 Å². The number of amidine groups is 1. The molecule has 1 amide bonds. The molecule has 1 aromatic heterocycles. The van der Waals surface area contributed by atoms with Gasteiger partial charge < -0.3 is 15.8 Å². The zero-order valence-corrected chi connectivity index (χ0v) is 11.8. The van der Waals surface area contributed by atoms with Crippen molar-refractivity contribution >= 4 is 11.7 Å². The van der Waals surface area contributed by atoms with Gasteiger partial charge >= 0.3 is 0 Å². The van der Waals surface area contributed by atoms with Gasteiger partial charge in [0.15, 0.2) is 5.84 Å². The van der Waals surface area contributed by atoms with E-state index in [0.29, 0.717) is 25.9 Å². The number of carbonyl (C=O) groups excluding carboxylic acids is 1. The third-order valence-electron chi connectivity index (χ3n) is 3.73. The molecule has 0 aromatic carbocycles. The second-order valence-corrected chi connectivity index (χ2v) is 5.16. The van der Waals surface area contributed by atoms with Crippen molar-refractivity contribution in [2.75, 3.05) is 6.54 Å². The Morgan fingerprint density at radius 3 is 2.75 bits per heavy atom. The summed E-state index contributed by atoms with van der Waals surface area (Å²) in [7, 11) is 0. The van der Waals surface area contributed by atoms with Gasteiger partial charge in [-0.1, -0.05) is 11.2 Å². The lowest BCUT2D eigenvalue weighted by Gasteiger charge is -2.25. The molecule has 0 unspecified atom stereocenters. The standard InChI is InChI=1S/C14H20N4O2/c1-3-18(9-11-6-4-5-10(2)16-11)13(19)14(7-8-14)12(15)17-20/h4-6,20H,3,7-9H2,1-2H3,(H2,15,17). The number of aromatic nitrogens is 1. The van der Waals surface area contributed by atoms with E-state index in [2.05, 4.69) is 10.1 Å². The first-order chi connectivity index (χ1) is 9.53. The number of carbonyl (C=O) groups is 1. The lowest BCUT2D eigenvalue weighted by atomic mass is 10.0. The number of nitrogens with zero attached hydrogens (tertiary/aromatic N) is 3. The molecular weight excluding hydrogens is 256 g/mol. The summed E-state index contributed by atoms with van der Waals surface area (Å²) in [5.74, 6) is -0.0724. The fraction of sp³-hybridized carbons (Fsp3) is 0.500. The zero-order chi connectivity index (χ0) is 14.8.